The van der Waals surface area contributed by atoms with Gasteiger partial charge in [0, 0.05) is 7.05 Å². The molecule has 0 spiro atoms. The summed E-state index contributed by atoms with van der Waals surface area (Å²) < 4.78 is 2.70. The van der Waals surface area contributed by atoms with Crippen LogP contribution in [0.1, 0.15) is 28.9 Å². The van der Waals surface area contributed by atoms with Crippen molar-refractivity contribution in [3.8, 4) is 0 Å². The summed E-state index contributed by atoms with van der Waals surface area (Å²) in [4.78, 5) is 42.3. The zero-order valence-corrected chi connectivity index (χ0v) is 17.6. The largest absolute Gasteiger partial charge is 0.345 e. The molecule has 2 aromatic heterocycles. The molecule has 0 radical (unpaired) electrons. The summed E-state index contributed by atoms with van der Waals surface area (Å²) in [6, 6.07) is 16.1. The van der Waals surface area contributed by atoms with Crippen LogP contribution in [0, 0.1) is 0 Å². The van der Waals surface area contributed by atoms with E-state index in [-0.39, 0.29) is 24.1 Å². The predicted molar refractivity (Wildman–Crippen MR) is 120 cm³/mol. The van der Waals surface area contributed by atoms with E-state index in [2.05, 4.69) is 20.7 Å². The second kappa shape index (κ2) is 8.84. The van der Waals surface area contributed by atoms with Crippen molar-refractivity contribution in [2.75, 3.05) is 5.32 Å². The number of para-hydroxylation sites is 1. The number of benzene rings is 2. The van der Waals surface area contributed by atoms with E-state index in [1.807, 2.05) is 37.3 Å². The normalized spacial score (nSPS) is 11.8. The Balaban J connectivity index is 1.49. The molecule has 4 rings (SSSR count). The fourth-order valence-electron chi connectivity index (χ4n) is 3.41. The van der Waals surface area contributed by atoms with Crippen LogP contribution in [0.15, 0.2) is 71.9 Å². The van der Waals surface area contributed by atoms with Crippen molar-refractivity contribution in [3.05, 3.63) is 88.6 Å². The van der Waals surface area contributed by atoms with Gasteiger partial charge in [0.1, 0.15) is 18.3 Å². The first-order chi connectivity index (χ1) is 15.4. The Morgan fingerprint density at radius 3 is 2.56 bits per heavy atom. The lowest BCUT2D eigenvalue weighted by Crippen LogP contribution is -2.30. The number of amides is 2. The van der Waals surface area contributed by atoms with Gasteiger partial charge in [-0.15, -0.1) is 0 Å². The number of hydrogen-bond donors (Lipinski definition) is 2. The van der Waals surface area contributed by atoms with Crippen LogP contribution < -0.4 is 16.2 Å². The number of carbonyl (C=O) groups is 2. The van der Waals surface area contributed by atoms with E-state index in [0.717, 1.165) is 5.56 Å². The van der Waals surface area contributed by atoms with E-state index in [0.29, 0.717) is 22.3 Å². The van der Waals surface area contributed by atoms with E-state index in [4.69, 9.17) is 0 Å². The first-order valence-corrected chi connectivity index (χ1v) is 10.1. The molecule has 2 aromatic carbocycles. The summed E-state index contributed by atoms with van der Waals surface area (Å²) in [5.41, 5.74) is 1.75. The van der Waals surface area contributed by atoms with Crippen LogP contribution in [-0.2, 0) is 18.4 Å². The first-order valence-electron chi connectivity index (χ1n) is 10.1. The number of hydrogen-bond acceptors (Lipinski definition) is 5. The quantitative estimate of drug-likeness (QED) is 0.487. The van der Waals surface area contributed by atoms with Crippen LogP contribution in [0.25, 0.3) is 11.0 Å². The summed E-state index contributed by atoms with van der Waals surface area (Å²) in [5, 5.41) is 10.0. The third-order valence-electron chi connectivity index (χ3n) is 5.13. The minimum Gasteiger partial charge on any atom is -0.345 e. The molecular formula is C23H22N6O3. The summed E-state index contributed by atoms with van der Waals surface area (Å²) in [5.74, 6) is -0.763. The van der Waals surface area contributed by atoms with Crippen LogP contribution in [0.5, 0.6) is 0 Å². The van der Waals surface area contributed by atoms with Crippen LogP contribution in [0.4, 0.5) is 5.69 Å². The number of aromatic nitrogens is 4. The number of carbonyl (C=O) groups excluding carboxylic acids is 2. The van der Waals surface area contributed by atoms with E-state index >= 15 is 0 Å². The van der Waals surface area contributed by atoms with E-state index < -0.39 is 5.91 Å². The van der Waals surface area contributed by atoms with Crippen molar-refractivity contribution in [2.24, 2.45) is 7.05 Å². The zero-order valence-electron chi connectivity index (χ0n) is 17.6. The highest BCUT2D eigenvalue weighted by Gasteiger charge is 2.17. The maximum Gasteiger partial charge on any atom is 0.264 e. The molecule has 2 heterocycles. The van der Waals surface area contributed by atoms with E-state index in [1.54, 1.807) is 31.3 Å². The molecule has 0 saturated heterocycles. The van der Waals surface area contributed by atoms with E-state index in [9.17, 15) is 14.4 Å². The lowest BCUT2D eigenvalue weighted by Gasteiger charge is -2.16. The Morgan fingerprint density at radius 2 is 1.78 bits per heavy atom. The SMILES string of the molecule is C[C@@H](NC(=O)c1ccccc1NC(=O)Cn1cnc2c(cnn2C)c1=O)c1ccccc1. The van der Waals surface area contributed by atoms with Gasteiger partial charge in [0.25, 0.3) is 11.5 Å². The number of nitrogens with zero attached hydrogens (tertiary/aromatic N) is 4. The average Bonchev–Trinajstić information content (AvgIpc) is 3.18. The highest BCUT2D eigenvalue weighted by Crippen LogP contribution is 2.18. The Morgan fingerprint density at radius 1 is 1.06 bits per heavy atom. The van der Waals surface area contributed by atoms with Crippen molar-refractivity contribution in [2.45, 2.75) is 19.5 Å². The number of nitrogens with one attached hydrogen (secondary N) is 2. The number of rotatable bonds is 6. The summed E-state index contributed by atoms with van der Waals surface area (Å²) in [6.07, 6.45) is 2.73. The predicted octanol–water partition coefficient (Wildman–Crippen LogP) is 2.26. The molecule has 2 N–H and O–H groups in total. The van der Waals surface area contributed by atoms with Gasteiger partial charge in [-0.2, -0.15) is 5.10 Å². The van der Waals surface area contributed by atoms with Gasteiger partial charge >= 0.3 is 0 Å². The summed E-state index contributed by atoms with van der Waals surface area (Å²) in [6.45, 7) is 1.65. The maximum atomic E-state index is 12.9. The Bertz CT molecular complexity index is 1340. The van der Waals surface area contributed by atoms with Gasteiger partial charge in [-0.3, -0.25) is 23.6 Å². The highest BCUT2D eigenvalue weighted by atomic mass is 16.2. The van der Waals surface area contributed by atoms with Gasteiger partial charge < -0.3 is 10.6 Å². The molecule has 0 bridgehead atoms. The van der Waals surface area contributed by atoms with Crippen LogP contribution in [-0.4, -0.2) is 31.1 Å². The van der Waals surface area contributed by atoms with Crippen molar-refractivity contribution < 1.29 is 9.59 Å². The highest BCUT2D eigenvalue weighted by molar-refractivity contribution is 6.03. The molecule has 0 aliphatic heterocycles. The van der Waals surface area contributed by atoms with Crippen molar-refractivity contribution in [3.63, 3.8) is 0 Å². The minimum absolute atomic E-state index is 0.205. The van der Waals surface area contributed by atoms with Gasteiger partial charge in [-0.1, -0.05) is 42.5 Å². The van der Waals surface area contributed by atoms with Gasteiger partial charge in [-0.05, 0) is 24.6 Å². The second-order valence-corrected chi connectivity index (χ2v) is 7.38. The molecule has 9 heteroatoms. The van der Waals surface area contributed by atoms with Crippen molar-refractivity contribution >= 4 is 28.5 Å². The molecule has 162 valence electrons. The molecule has 9 nitrogen and oxygen atoms in total. The number of fused-ring (bicyclic) bond motifs is 1. The molecule has 32 heavy (non-hydrogen) atoms. The lowest BCUT2D eigenvalue weighted by molar-refractivity contribution is -0.116. The summed E-state index contributed by atoms with van der Waals surface area (Å²) in [7, 11) is 1.69. The Labute approximate surface area is 183 Å². The molecule has 2 amide bonds. The lowest BCUT2D eigenvalue weighted by atomic mass is 10.1. The van der Waals surface area contributed by atoms with Crippen LogP contribution in [0.3, 0.4) is 0 Å². The standard InChI is InChI=1S/C23H22N6O3/c1-15(16-8-4-3-5-9-16)26-22(31)17-10-6-7-11-19(17)27-20(30)13-29-14-24-21-18(23(29)32)12-25-28(21)2/h3-12,14-15H,13H2,1-2H3,(H,26,31)(H,27,30)/t15-/m1/s1. The van der Waals surface area contributed by atoms with Gasteiger partial charge in [0.2, 0.25) is 5.91 Å². The molecule has 1 atom stereocenters. The third kappa shape index (κ3) is 4.27. The molecular weight excluding hydrogens is 408 g/mol. The molecule has 0 aliphatic carbocycles. The Hall–Kier alpha value is -4.27. The molecule has 0 unspecified atom stereocenters. The topological polar surface area (TPSA) is 111 Å². The van der Waals surface area contributed by atoms with Gasteiger partial charge in [0.05, 0.1) is 23.5 Å². The van der Waals surface area contributed by atoms with Crippen molar-refractivity contribution in [1.82, 2.24) is 24.6 Å². The van der Waals surface area contributed by atoms with Crippen LogP contribution >= 0.6 is 0 Å². The molecule has 0 fully saturated rings. The Kier molecular flexibility index (Phi) is 5.80. The second-order valence-electron chi connectivity index (χ2n) is 7.38. The monoisotopic (exact) mass is 430 g/mol. The first kappa shape index (κ1) is 21.0. The molecule has 4 aromatic rings. The van der Waals surface area contributed by atoms with Gasteiger partial charge in [0.15, 0.2) is 5.65 Å². The average molecular weight is 430 g/mol. The molecule has 0 aliphatic rings. The van der Waals surface area contributed by atoms with Gasteiger partial charge in [-0.25, -0.2) is 4.98 Å². The third-order valence-corrected chi connectivity index (χ3v) is 5.13. The minimum atomic E-state index is -0.450. The fourth-order valence-corrected chi connectivity index (χ4v) is 3.41. The van der Waals surface area contributed by atoms with Crippen LogP contribution in [0.2, 0.25) is 0 Å². The maximum absolute atomic E-state index is 12.9. The van der Waals surface area contributed by atoms with E-state index in [1.165, 1.54) is 21.8 Å². The number of aryl methyl sites for hydroxylation is 1. The number of anilines is 1. The fraction of sp³-hybridized carbons (Fsp3) is 0.174. The smallest absolute Gasteiger partial charge is 0.264 e. The summed E-state index contributed by atoms with van der Waals surface area (Å²) >= 11 is 0. The molecule has 0 saturated carbocycles. The zero-order chi connectivity index (χ0) is 22.7. The van der Waals surface area contributed by atoms with Crippen molar-refractivity contribution in [1.29, 1.82) is 0 Å².